The van der Waals surface area contributed by atoms with Crippen LogP contribution in [0.5, 0.6) is 0 Å². The van der Waals surface area contributed by atoms with Crippen molar-refractivity contribution in [2.75, 3.05) is 0 Å². The van der Waals surface area contributed by atoms with Crippen molar-refractivity contribution in [1.29, 1.82) is 0 Å². The Hall–Kier alpha value is -1.60. The van der Waals surface area contributed by atoms with E-state index in [9.17, 15) is 5.11 Å². The van der Waals surface area contributed by atoms with Crippen LogP contribution in [0.3, 0.4) is 0 Å². The van der Waals surface area contributed by atoms with E-state index >= 15 is 0 Å². The molecule has 0 aromatic heterocycles. The molecule has 1 unspecified atom stereocenters. The molecule has 0 aliphatic rings. The maximum Gasteiger partial charge on any atom is 0.0871 e. The first-order valence-electron chi connectivity index (χ1n) is 6.82. The number of hydrogen-bond acceptors (Lipinski definition) is 1. The number of hydrogen-bond donors (Lipinski definition) is 1. The summed E-state index contributed by atoms with van der Waals surface area (Å²) in [6.45, 7) is 6.05. The van der Waals surface area contributed by atoms with E-state index in [0.29, 0.717) is 0 Å². The maximum atomic E-state index is 10.7. The molecule has 0 aliphatic heterocycles. The lowest BCUT2D eigenvalue weighted by atomic mass is 9.88. The minimum Gasteiger partial charge on any atom is -0.385 e. The number of aryl methyl sites for hydroxylation is 3. The molecule has 1 nitrogen and oxygen atoms in total. The summed E-state index contributed by atoms with van der Waals surface area (Å²) in [6.07, 6.45) is 1.63. The minimum absolute atomic E-state index is 0.736. The minimum atomic E-state index is -0.771. The van der Waals surface area contributed by atoms with Gasteiger partial charge in [-0.15, -0.1) is 0 Å². The van der Waals surface area contributed by atoms with Crippen LogP contribution in [0.4, 0.5) is 0 Å². The molecular weight excluding hydrogens is 232 g/mol. The molecule has 0 fully saturated rings. The third kappa shape index (κ3) is 3.68. The quantitative estimate of drug-likeness (QED) is 0.869. The first-order chi connectivity index (χ1) is 8.97. The summed E-state index contributed by atoms with van der Waals surface area (Å²) in [6, 6.07) is 16.6. The first kappa shape index (κ1) is 13.8. The zero-order valence-corrected chi connectivity index (χ0v) is 12.0. The van der Waals surface area contributed by atoms with Gasteiger partial charge in [0.25, 0.3) is 0 Å². The molecule has 0 bridgehead atoms. The Morgan fingerprint density at radius 3 is 2.11 bits per heavy atom. The van der Waals surface area contributed by atoms with Crippen molar-refractivity contribution in [2.24, 2.45) is 0 Å². The number of rotatable bonds is 4. The molecule has 1 N–H and O–H groups in total. The lowest BCUT2D eigenvalue weighted by molar-refractivity contribution is 0.0479. The van der Waals surface area contributed by atoms with Crippen LogP contribution in [0.1, 0.15) is 35.6 Å². The number of aliphatic hydroxyl groups is 1. The van der Waals surface area contributed by atoms with Crippen LogP contribution in [0, 0.1) is 13.8 Å². The van der Waals surface area contributed by atoms with E-state index in [4.69, 9.17) is 0 Å². The second kappa shape index (κ2) is 5.58. The van der Waals surface area contributed by atoms with Crippen LogP contribution >= 0.6 is 0 Å². The van der Waals surface area contributed by atoms with Crippen molar-refractivity contribution >= 4 is 0 Å². The normalized spacial score (nSPS) is 14.1. The van der Waals surface area contributed by atoms with Gasteiger partial charge in [0.1, 0.15) is 0 Å². The Morgan fingerprint density at radius 2 is 1.53 bits per heavy atom. The molecule has 0 amide bonds. The third-order valence-electron chi connectivity index (χ3n) is 3.59. The summed E-state index contributed by atoms with van der Waals surface area (Å²) >= 11 is 0. The molecule has 19 heavy (non-hydrogen) atoms. The molecular formula is C18H22O. The molecule has 0 radical (unpaired) electrons. The van der Waals surface area contributed by atoms with Gasteiger partial charge in [-0.2, -0.15) is 0 Å². The standard InChI is InChI=1S/C18H22O/c1-14-11-15(2)13-17(12-14)18(3,19)10-9-16-7-5-4-6-8-16/h4-8,11-13,19H,9-10H2,1-3H3. The highest BCUT2D eigenvalue weighted by Gasteiger charge is 2.23. The molecule has 0 heterocycles. The number of benzene rings is 2. The Labute approximate surface area is 115 Å². The van der Waals surface area contributed by atoms with Gasteiger partial charge in [0, 0.05) is 0 Å². The van der Waals surface area contributed by atoms with Crippen molar-refractivity contribution in [3.05, 3.63) is 70.8 Å². The lowest BCUT2D eigenvalue weighted by Crippen LogP contribution is -2.22. The molecule has 1 heteroatoms. The highest BCUT2D eigenvalue weighted by molar-refractivity contribution is 5.32. The zero-order valence-electron chi connectivity index (χ0n) is 12.0. The fraction of sp³-hybridized carbons (Fsp3) is 0.333. The van der Waals surface area contributed by atoms with Crippen LogP contribution in [-0.4, -0.2) is 5.11 Å². The van der Waals surface area contributed by atoms with Crippen LogP contribution in [-0.2, 0) is 12.0 Å². The van der Waals surface area contributed by atoms with E-state index in [2.05, 4.69) is 44.2 Å². The van der Waals surface area contributed by atoms with Gasteiger partial charge in [0.2, 0.25) is 0 Å². The highest BCUT2D eigenvalue weighted by atomic mass is 16.3. The highest BCUT2D eigenvalue weighted by Crippen LogP contribution is 2.27. The van der Waals surface area contributed by atoms with Crippen LogP contribution < -0.4 is 0 Å². The molecule has 2 aromatic carbocycles. The molecule has 0 saturated carbocycles. The van der Waals surface area contributed by atoms with E-state index in [-0.39, 0.29) is 0 Å². The molecule has 2 aromatic rings. The smallest absolute Gasteiger partial charge is 0.0871 e. The Bertz CT molecular complexity index is 521. The van der Waals surface area contributed by atoms with Crippen LogP contribution in [0.15, 0.2) is 48.5 Å². The van der Waals surface area contributed by atoms with Gasteiger partial charge in [0.15, 0.2) is 0 Å². The van der Waals surface area contributed by atoms with E-state index in [1.165, 1.54) is 16.7 Å². The molecule has 0 saturated heterocycles. The van der Waals surface area contributed by atoms with Gasteiger partial charge in [-0.3, -0.25) is 0 Å². The van der Waals surface area contributed by atoms with Crippen molar-refractivity contribution in [1.82, 2.24) is 0 Å². The third-order valence-corrected chi connectivity index (χ3v) is 3.59. The van der Waals surface area contributed by atoms with Crippen LogP contribution in [0.25, 0.3) is 0 Å². The molecule has 1 atom stereocenters. The molecule has 0 aliphatic carbocycles. The Kier molecular flexibility index (Phi) is 4.06. The average molecular weight is 254 g/mol. The van der Waals surface area contributed by atoms with E-state index in [1.54, 1.807) is 0 Å². The second-order valence-corrected chi connectivity index (χ2v) is 5.64. The summed E-state index contributed by atoms with van der Waals surface area (Å²) in [7, 11) is 0. The van der Waals surface area contributed by atoms with Gasteiger partial charge in [0.05, 0.1) is 5.60 Å². The van der Waals surface area contributed by atoms with E-state index in [0.717, 1.165) is 18.4 Å². The van der Waals surface area contributed by atoms with Crippen molar-refractivity contribution < 1.29 is 5.11 Å². The van der Waals surface area contributed by atoms with Crippen molar-refractivity contribution in [3.8, 4) is 0 Å². The zero-order chi connectivity index (χ0) is 13.9. The average Bonchev–Trinajstić information content (AvgIpc) is 2.37. The first-order valence-corrected chi connectivity index (χ1v) is 6.82. The van der Waals surface area contributed by atoms with Crippen LogP contribution in [0.2, 0.25) is 0 Å². The van der Waals surface area contributed by atoms with Gasteiger partial charge < -0.3 is 5.11 Å². The fourth-order valence-corrected chi connectivity index (χ4v) is 2.46. The van der Waals surface area contributed by atoms with Gasteiger partial charge >= 0.3 is 0 Å². The van der Waals surface area contributed by atoms with Gasteiger partial charge in [-0.05, 0) is 44.7 Å². The van der Waals surface area contributed by atoms with Gasteiger partial charge in [-0.1, -0.05) is 59.7 Å². The monoisotopic (exact) mass is 254 g/mol. The fourth-order valence-electron chi connectivity index (χ4n) is 2.46. The predicted octanol–water partition coefficient (Wildman–Crippen LogP) is 4.14. The summed E-state index contributed by atoms with van der Waals surface area (Å²) in [5.41, 5.74) is 3.92. The summed E-state index contributed by atoms with van der Waals surface area (Å²) < 4.78 is 0. The summed E-state index contributed by atoms with van der Waals surface area (Å²) in [5.74, 6) is 0. The largest absolute Gasteiger partial charge is 0.385 e. The maximum absolute atomic E-state index is 10.7. The van der Waals surface area contributed by atoms with E-state index in [1.807, 2.05) is 25.1 Å². The molecule has 0 spiro atoms. The Balaban J connectivity index is 2.13. The summed E-state index contributed by atoms with van der Waals surface area (Å²) in [4.78, 5) is 0. The van der Waals surface area contributed by atoms with E-state index < -0.39 is 5.60 Å². The lowest BCUT2D eigenvalue weighted by Gasteiger charge is -2.25. The predicted molar refractivity (Wildman–Crippen MR) is 80.2 cm³/mol. The van der Waals surface area contributed by atoms with Gasteiger partial charge in [-0.25, -0.2) is 0 Å². The molecule has 2 rings (SSSR count). The second-order valence-electron chi connectivity index (χ2n) is 5.64. The molecule has 100 valence electrons. The topological polar surface area (TPSA) is 20.2 Å². The SMILES string of the molecule is Cc1cc(C)cc(C(C)(O)CCc2ccccc2)c1. The summed E-state index contributed by atoms with van der Waals surface area (Å²) in [5, 5.41) is 10.7. The van der Waals surface area contributed by atoms with Crippen molar-refractivity contribution in [3.63, 3.8) is 0 Å². The van der Waals surface area contributed by atoms with Crippen molar-refractivity contribution in [2.45, 2.75) is 39.2 Å². The Morgan fingerprint density at radius 1 is 0.947 bits per heavy atom.